The molecule has 2 aromatic rings. The predicted molar refractivity (Wildman–Crippen MR) is 84.1 cm³/mol. The molecule has 0 saturated heterocycles. The van der Waals surface area contributed by atoms with Crippen LogP contribution in [0.3, 0.4) is 0 Å². The summed E-state index contributed by atoms with van der Waals surface area (Å²) in [6.45, 7) is -0.113. The fourth-order valence-electron chi connectivity index (χ4n) is 2.08. The summed E-state index contributed by atoms with van der Waals surface area (Å²) in [6, 6.07) is 8.05. The van der Waals surface area contributed by atoms with Crippen LogP contribution in [0, 0.1) is 17.5 Å². The summed E-state index contributed by atoms with van der Waals surface area (Å²) >= 11 is 0. The first-order chi connectivity index (χ1) is 11.9. The standard InChI is InChI=1S/C17H15F3N2O3/c1-25-15(10-3-2-4-11(18)7-10)9-21-16(23)17(24)22-14-8-12(19)5-6-13(14)20/h2-8,15H,9H2,1H3,(H,21,23)(H,22,24). The molecule has 0 saturated carbocycles. The van der Waals surface area contributed by atoms with Gasteiger partial charge in [-0.25, -0.2) is 13.2 Å². The van der Waals surface area contributed by atoms with E-state index in [2.05, 4.69) is 5.32 Å². The van der Waals surface area contributed by atoms with Gasteiger partial charge in [0.15, 0.2) is 0 Å². The second kappa shape index (κ2) is 8.29. The summed E-state index contributed by atoms with van der Waals surface area (Å²) < 4.78 is 44.9. The van der Waals surface area contributed by atoms with E-state index in [0.717, 1.165) is 18.2 Å². The van der Waals surface area contributed by atoms with Gasteiger partial charge in [0.25, 0.3) is 0 Å². The number of ether oxygens (including phenoxy) is 1. The lowest BCUT2D eigenvalue weighted by atomic mass is 10.1. The molecule has 0 aromatic heterocycles. The van der Waals surface area contributed by atoms with Crippen molar-refractivity contribution in [3.63, 3.8) is 0 Å². The minimum atomic E-state index is -1.17. The fraction of sp³-hybridized carbons (Fsp3) is 0.176. The molecule has 0 heterocycles. The van der Waals surface area contributed by atoms with Crippen LogP contribution in [0.2, 0.25) is 0 Å². The lowest BCUT2D eigenvalue weighted by molar-refractivity contribution is -0.136. The van der Waals surface area contributed by atoms with Crippen molar-refractivity contribution < 1.29 is 27.5 Å². The summed E-state index contributed by atoms with van der Waals surface area (Å²) in [6.07, 6.45) is -0.682. The Hall–Kier alpha value is -2.87. The van der Waals surface area contributed by atoms with Crippen molar-refractivity contribution >= 4 is 17.5 Å². The summed E-state index contributed by atoms with van der Waals surface area (Å²) in [5.41, 5.74) is 0.0213. The van der Waals surface area contributed by atoms with Crippen LogP contribution in [0.5, 0.6) is 0 Å². The predicted octanol–water partition coefficient (Wildman–Crippen LogP) is 2.55. The maximum atomic E-state index is 13.5. The van der Waals surface area contributed by atoms with E-state index in [1.165, 1.54) is 25.3 Å². The van der Waals surface area contributed by atoms with E-state index in [1.807, 2.05) is 5.32 Å². The van der Waals surface area contributed by atoms with E-state index in [-0.39, 0.29) is 6.54 Å². The number of amides is 2. The SMILES string of the molecule is COC(CNC(=O)C(=O)Nc1cc(F)ccc1F)c1cccc(F)c1. The second-order valence-electron chi connectivity index (χ2n) is 5.07. The lowest BCUT2D eigenvalue weighted by Crippen LogP contribution is -2.38. The molecule has 132 valence electrons. The Morgan fingerprint density at radius 2 is 1.76 bits per heavy atom. The number of carbonyl (C=O) groups excluding carboxylic acids is 2. The van der Waals surface area contributed by atoms with Crippen LogP contribution < -0.4 is 10.6 Å². The highest BCUT2D eigenvalue weighted by Crippen LogP contribution is 2.17. The van der Waals surface area contributed by atoms with Gasteiger partial charge in [-0.15, -0.1) is 0 Å². The van der Waals surface area contributed by atoms with Crippen molar-refractivity contribution in [1.29, 1.82) is 0 Å². The Balaban J connectivity index is 1.96. The van der Waals surface area contributed by atoms with Gasteiger partial charge in [0.05, 0.1) is 11.8 Å². The first-order valence-corrected chi connectivity index (χ1v) is 7.23. The van der Waals surface area contributed by atoms with Gasteiger partial charge in [-0.05, 0) is 29.8 Å². The molecule has 2 amide bonds. The number of hydrogen-bond acceptors (Lipinski definition) is 3. The molecule has 8 heteroatoms. The minimum absolute atomic E-state index is 0.113. The number of nitrogens with one attached hydrogen (secondary N) is 2. The molecule has 1 atom stereocenters. The van der Waals surface area contributed by atoms with Crippen molar-refractivity contribution in [1.82, 2.24) is 5.32 Å². The quantitative estimate of drug-likeness (QED) is 0.813. The third kappa shape index (κ3) is 5.05. The largest absolute Gasteiger partial charge is 0.375 e. The van der Waals surface area contributed by atoms with Crippen LogP contribution in [0.25, 0.3) is 0 Å². The van der Waals surface area contributed by atoms with Crippen molar-refractivity contribution in [2.45, 2.75) is 6.10 Å². The number of halogens is 3. The van der Waals surface area contributed by atoms with E-state index in [4.69, 9.17) is 4.74 Å². The molecule has 0 radical (unpaired) electrons. The molecule has 0 aliphatic heterocycles. The summed E-state index contributed by atoms with van der Waals surface area (Å²) in [5.74, 6) is -4.34. The zero-order chi connectivity index (χ0) is 18.4. The van der Waals surface area contributed by atoms with Gasteiger partial charge in [-0.2, -0.15) is 0 Å². The Bertz CT molecular complexity index is 783. The highest BCUT2D eigenvalue weighted by Gasteiger charge is 2.19. The van der Waals surface area contributed by atoms with Crippen LogP contribution in [0.15, 0.2) is 42.5 Å². The number of methoxy groups -OCH3 is 1. The molecular weight excluding hydrogens is 337 g/mol. The highest BCUT2D eigenvalue weighted by molar-refractivity contribution is 6.39. The number of benzene rings is 2. The van der Waals surface area contributed by atoms with Crippen molar-refractivity contribution in [3.05, 3.63) is 65.5 Å². The average molecular weight is 352 g/mol. The molecular formula is C17H15F3N2O3. The molecule has 1 unspecified atom stereocenters. The van der Waals surface area contributed by atoms with E-state index >= 15 is 0 Å². The molecule has 2 rings (SSSR count). The third-order valence-electron chi connectivity index (χ3n) is 3.34. The van der Waals surface area contributed by atoms with E-state index in [9.17, 15) is 22.8 Å². The maximum absolute atomic E-state index is 13.5. The maximum Gasteiger partial charge on any atom is 0.313 e. The molecule has 5 nitrogen and oxygen atoms in total. The third-order valence-corrected chi connectivity index (χ3v) is 3.34. The first-order valence-electron chi connectivity index (χ1n) is 7.23. The van der Waals surface area contributed by atoms with Gasteiger partial charge in [0.2, 0.25) is 0 Å². The summed E-state index contributed by atoms with van der Waals surface area (Å²) in [7, 11) is 1.37. The van der Waals surface area contributed by atoms with Crippen LogP contribution in [0.4, 0.5) is 18.9 Å². The molecule has 0 fully saturated rings. The number of anilines is 1. The molecule has 2 N–H and O–H groups in total. The van der Waals surface area contributed by atoms with Crippen LogP contribution in [-0.2, 0) is 14.3 Å². The minimum Gasteiger partial charge on any atom is -0.375 e. The van der Waals surface area contributed by atoms with Gasteiger partial charge >= 0.3 is 11.8 Å². The first kappa shape index (κ1) is 18.5. The van der Waals surface area contributed by atoms with Crippen LogP contribution >= 0.6 is 0 Å². The fourth-order valence-corrected chi connectivity index (χ4v) is 2.08. The van der Waals surface area contributed by atoms with Gasteiger partial charge in [-0.1, -0.05) is 12.1 Å². The van der Waals surface area contributed by atoms with E-state index < -0.39 is 41.1 Å². The van der Waals surface area contributed by atoms with Crippen LogP contribution in [-0.4, -0.2) is 25.5 Å². The zero-order valence-corrected chi connectivity index (χ0v) is 13.2. The Kier molecular flexibility index (Phi) is 6.13. The second-order valence-corrected chi connectivity index (χ2v) is 5.07. The van der Waals surface area contributed by atoms with Crippen molar-refractivity contribution in [3.8, 4) is 0 Å². The molecule has 0 spiro atoms. The number of carbonyl (C=O) groups is 2. The van der Waals surface area contributed by atoms with Gasteiger partial charge in [0.1, 0.15) is 17.5 Å². The summed E-state index contributed by atoms with van der Waals surface area (Å²) in [5, 5.41) is 4.27. The Labute approximate surface area is 141 Å². The Morgan fingerprint density at radius 1 is 1.04 bits per heavy atom. The van der Waals surface area contributed by atoms with Gasteiger partial charge < -0.3 is 15.4 Å². The summed E-state index contributed by atoms with van der Waals surface area (Å²) in [4.78, 5) is 23.5. The molecule has 25 heavy (non-hydrogen) atoms. The van der Waals surface area contributed by atoms with E-state index in [0.29, 0.717) is 5.56 Å². The molecule has 0 bridgehead atoms. The van der Waals surface area contributed by atoms with E-state index in [1.54, 1.807) is 6.07 Å². The zero-order valence-electron chi connectivity index (χ0n) is 13.2. The normalized spacial score (nSPS) is 11.7. The number of hydrogen-bond donors (Lipinski definition) is 2. The van der Waals surface area contributed by atoms with Gasteiger partial charge in [0, 0.05) is 19.7 Å². The van der Waals surface area contributed by atoms with Crippen molar-refractivity contribution in [2.75, 3.05) is 19.0 Å². The molecule has 0 aliphatic rings. The molecule has 0 aliphatic carbocycles. The number of rotatable bonds is 5. The van der Waals surface area contributed by atoms with Gasteiger partial charge in [-0.3, -0.25) is 9.59 Å². The van der Waals surface area contributed by atoms with Crippen molar-refractivity contribution in [2.24, 2.45) is 0 Å². The smallest absolute Gasteiger partial charge is 0.313 e. The monoisotopic (exact) mass is 352 g/mol. The Morgan fingerprint density at radius 3 is 2.44 bits per heavy atom. The average Bonchev–Trinajstić information content (AvgIpc) is 2.58. The molecule has 2 aromatic carbocycles. The lowest BCUT2D eigenvalue weighted by Gasteiger charge is -2.16. The topological polar surface area (TPSA) is 67.4 Å². The van der Waals surface area contributed by atoms with Crippen LogP contribution in [0.1, 0.15) is 11.7 Å². The highest BCUT2D eigenvalue weighted by atomic mass is 19.1.